The number of nitrogens with zero attached hydrogens (tertiary/aromatic N) is 4. The van der Waals surface area contributed by atoms with Crippen molar-refractivity contribution in [2.45, 2.75) is 26.8 Å². The predicted octanol–water partition coefficient (Wildman–Crippen LogP) is 1.00. The summed E-state index contributed by atoms with van der Waals surface area (Å²) in [5.74, 6) is 0.984. The molecule has 1 amide bonds. The van der Waals surface area contributed by atoms with Crippen LogP contribution in [-0.4, -0.2) is 38.1 Å². The van der Waals surface area contributed by atoms with Crippen LogP contribution in [0.4, 0.5) is 0 Å². The van der Waals surface area contributed by atoms with Crippen LogP contribution in [0.25, 0.3) is 5.52 Å². The van der Waals surface area contributed by atoms with E-state index in [1.165, 1.54) is 9.08 Å². The molecule has 1 aliphatic rings. The SMILES string of the molecule is C[C@@H]1C[C@@H](C)CN(C(=O)Cn2ncc3cccn3c2=O)C1. The van der Waals surface area contributed by atoms with Gasteiger partial charge < -0.3 is 4.90 Å². The van der Waals surface area contributed by atoms with E-state index in [-0.39, 0.29) is 18.1 Å². The summed E-state index contributed by atoms with van der Waals surface area (Å²) < 4.78 is 2.74. The van der Waals surface area contributed by atoms with Gasteiger partial charge in [0.25, 0.3) is 0 Å². The second kappa shape index (κ2) is 5.35. The van der Waals surface area contributed by atoms with Crippen LogP contribution < -0.4 is 5.69 Å². The molecule has 2 atom stereocenters. The molecule has 6 nitrogen and oxygen atoms in total. The van der Waals surface area contributed by atoms with E-state index in [0.29, 0.717) is 11.8 Å². The standard InChI is InChI=1S/C15H20N4O2/c1-11-6-12(2)9-17(8-11)14(20)10-19-15(21)18-5-3-4-13(18)7-16-19/h3-5,7,11-12H,6,8-10H2,1-2H3/t11-,12-/m1/s1. The minimum absolute atomic E-state index is 0.00634. The van der Waals surface area contributed by atoms with Gasteiger partial charge in [0.2, 0.25) is 5.91 Å². The van der Waals surface area contributed by atoms with Crippen molar-refractivity contribution in [3.63, 3.8) is 0 Å². The fourth-order valence-corrected chi connectivity index (χ4v) is 3.18. The van der Waals surface area contributed by atoms with Gasteiger partial charge in [0, 0.05) is 19.3 Å². The second-order valence-corrected chi connectivity index (χ2v) is 6.13. The number of likely N-dealkylation sites (tertiary alicyclic amines) is 1. The molecule has 0 aliphatic carbocycles. The van der Waals surface area contributed by atoms with Gasteiger partial charge in [-0.1, -0.05) is 13.8 Å². The highest BCUT2D eigenvalue weighted by atomic mass is 16.2. The minimum atomic E-state index is -0.274. The van der Waals surface area contributed by atoms with Gasteiger partial charge in [0.1, 0.15) is 6.54 Å². The first-order valence-corrected chi connectivity index (χ1v) is 7.35. The molecule has 2 aromatic heterocycles. The summed E-state index contributed by atoms with van der Waals surface area (Å²) in [5, 5.41) is 4.09. The molecule has 1 saturated heterocycles. The maximum Gasteiger partial charge on any atom is 0.349 e. The molecule has 0 spiro atoms. The molecule has 3 heterocycles. The lowest BCUT2D eigenvalue weighted by molar-refractivity contribution is -0.134. The average molecular weight is 288 g/mol. The molecule has 3 rings (SSSR count). The molecule has 1 fully saturated rings. The number of hydrogen-bond donors (Lipinski definition) is 0. The molecule has 112 valence electrons. The molecular formula is C15H20N4O2. The predicted molar refractivity (Wildman–Crippen MR) is 79.0 cm³/mol. The molecule has 0 bridgehead atoms. The summed E-state index contributed by atoms with van der Waals surface area (Å²) in [6.07, 6.45) is 4.44. The first-order valence-electron chi connectivity index (χ1n) is 7.35. The summed E-state index contributed by atoms with van der Waals surface area (Å²) in [6.45, 7) is 5.86. The maximum atomic E-state index is 12.4. The van der Waals surface area contributed by atoms with Gasteiger partial charge in [-0.25, -0.2) is 9.48 Å². The summed E-state index contributed by atoms with van der Waals surface area (Å²) >= 11 is 0. The Hall–Kier alpha value is -2.11. The third kappa shape index (κ3) is 2.70. The summed E-state index contributed by atoms with van der Waals surface area (Å²) in [7, 11) is 0. The van der Waals surface area contributed by atoms with Gasteiger partial charge in [-0.3, -0.25) is 9.20 Å². The van der Waals surface area contributed by atoms with E-state index < -0.39 is 0 Å². The third-order valence-electron chi connectivity index (χ3n) is 4.04. The Kier molecular flexibility index (Phi) is 3.53. The number of aromatic nitrogens is 3. The smallest absolute Gasteiger partial charge is 0.341 e. The van der Waals surface area contributed by atoms with Crippen molar-refractivity contribution in [1.82, 2.24) is 19.1 Å². The quantitative estimate of drug-likeness (QED) is 0.828. The highest BCUT2D eigenvalue weighted by Crippen LogP contribution is 2.20. The molecular weight excluding hydrogens is 268 g/mol. The Morgan fingerprint density at radius 2 is 2.05 bits per heavy atom. The van der Waals surface area contributed by atoms with Crippen LogP contribution in [0, 0.1) is 11.8 Å². The van der Waals surface area contributed by atoms with Crippen LogP contribution in [0.3, 0.4) is 0 Å². The normalized spacial score (nSPS) is 22.7. The Bertz CT molecular complexity index is 708. The number of piperidine rings is 1. The lowest BCUT2D eigenvalue weighted by Gasteiger charge is -2.35. The number of hydrogen-bond acceptors (Lipinski definition) is 3. The van der Waals surface area contributed by atoms with Crippen molar-refractivity contribution in [1.29, 1.82) is 0 Å². The van der Waals surface area contributed by atoms with Gasteiger partial charge in [-0.2, -0.15) is 5.10 Å². The molecule has 0 aromatic carbocycles. The van der Waals surface area contributed by atoms with Gasteiger partial charge in [0.15, 0.2) is 0 Å². The lowest BCUT2D eigenvalue weighted by Crippen LogP contribution is -2.45. The summed E-state index contributed by atoms with van der Waals surface area (Å²) in [4.78, 5) is 26.5. The molecule has 1 aliphatic heterocycles. The van der Waals surface area contributed by atoms with E-state index in [1.807, 2.05) is 11.0 Å². The van der Waals surface area contributed by atoms with E-state index in [9.17, 15) is 9.59 Å². The topological polar surface area (TPSA) is 59.6 Å². The van der Waals surface area contributed by atoms with Crippen LogP contribution in [0.15, 0.2) is 29.3 Å². The fraction of sp³-hybridized carbons (Fsp3) is 0.533. The summed E-state index contributed by atoms with van der Waals surface area (Å²) in [5.41, 5.74) is 0.466. The second-order valence-electron chi connectivity index (χ2n) is 6.13. The van der Waals surface area contributed by atoms with E-state index in [1.54, 1.807) is 18.5 Å². The highest BCUT2D eigenvalue weighted by molar-refractivity contribution is 5.76. The van der Waals surface area contributed by atoms with E-state index in [2.05, 4.69) is 18.9 Å². The van der Waals surface area contributed by atoms with Crippen molar-refractivity contribution in [2.75, 3.05) is 13.1 Å². The zero-order chi connectivity index (χ0) is 15.0. The minimum Gasteiger partial charge on any atom is -0.341 e. The Morgan fingerprint density at radius 1 is 1.33 bits per heavy atom. The number of rotatable bonds is 2. The van der Waals surface area contributed by atoms with Gasteiger partial charge in [-0.15, -0.1) is 0 Å². The zero-order valence-corrected chi connectivity index (χ0v) is 12.4. The van der Waals surface area contributed by atoms with Crippen molar-refractivity contribution in [3.8, 4) is 0 Å². The van der Waals surface area contributed by atoms with Crippen molar-refractivity contribution in [3.05, 3.63) is 35.0 Å². The molecule has 0 unspecified atom stereocenters. The molecule has 0 radical (unpaired) electrons. The van der Waals surface area contributed by atoms with Crippen LogP contribution in [0.5, 0.6) is 0 Å². The van der Waals surface area contributed by atoms with Crippen LogP contribution in [0.2, 0.25) is 0 Å². The van der Waals surface area contributed by atoms with Gasteiger partial charge in [0.05, 0.1) is 11.7 Å². The van der Waals surface area contributed by atoms with Gasteiger partial charge >= 0.3 is 5.69 Å². The number of amides is 1. The molecule has 0 saturated carbocycles. The molecule has 6 heteroatoms. The van der Waals surface area contributed by atoms with Gasteiger partial charge in [-0.05, 0) is 30.4 Å². The Balaban J connectivity index is 1.80. The highest BCUT2D eigenvalue weighted by Gasteiger charge is 2.25. The van der Waals surface area contributed by atoms with Crippen LogP contribution in [0.1, 0.15) is 20.3 Å². The van der Waals surface area contributed by atoms with E-state index in [4.69, 9.17) is 0 Å². The van der Waals surface area contributed by atoms with E-state index >= 15 is 0 Å². The first kappa shape index (κ1) is 13.9. The zero-order valence-electron chi connectivity index (χ0n) is 12.4. The number of fused-ring (bicyclic) bond motifs is 1. The van der Waals surface area contributed by atoms with Crippen LogP contribution >= 0.6 is 0 Å². The molecule has 2 aromatic rings. The molecule has 21 heavy (non-hydrogen) atoms. The maximum absolute atomic E-state index is 12.4. The Labute approximate surface area is 123 Å². The Morgan fingerprint density at radius 3 is 2.76 bits per heavy atom. The van der Waals surface area contributed by atoms with Crippen molar-refractivity contribution >= 4 is 11.4 Å². The summed E-state index contributed by atoms with van der Waals surface area (Å²) in [6, 6.07) is 3.60. The average Bonchev–Trinajstić information content (AvgIpc) is 2.90. The first-order chi connectivity index (χ1) is 10.0. The molecule has 0 N–H and O–H groups in total. The number of carbonyl (C=O) groups is 1. The van der Waals surface area contributed by atoms with Crippen molar-refractivity contribution in [2.24, 2.45) is 11.8 Å². The van der Waals surface area contributed by atoms with Crippen molar-refractivity contribution < 1.29 is 4.79 Å². The van der Waals surface area contributed by atoms with E-state index in [0.717, 1.165) is 25.0 Å². The lowest BCUT2D eigenvalue weighted by atomic mass is 9.92. The monoisotopic (exact) mass is 288 g/mol. The number of carbonyl (C=O) groups excluding carboxylic acids is 1. The fourth-order valence-electron chi connectivity index (χ4n) is 3.18. The van der Waals surface area contributed by atoms with Crippen LogP contribution in [-0.2, 0) is 11.3 Å². The largest absolute Gasteiger partial charge is 0.349 e. The third-order valence-corrected chi connectivity index (χ3v) is 4.04.